The molecule has 4 rings (SSSR count). The fraction of sp³-hybridized carbons (Fsp3) is 0.400. The van der Waals surface area contributed by atoms with Gasteiger partial charge < -0.3 is 9.88 Å². The molecule has 0 radical (unpaired) electrons. The van der Waals surface area contributed by atoms with Crippen LogP contribution in [-0.4, -0.2) is 19.7 Å². The van der Waals surface area contributed by atoms with Crippen LogP contribution in [0.15, 0.2) is 18.2 Å². The lowest BCUT2D eigenvalue weighted by molar-refractivity contribution is 0.820. The summed E-state index contributed by atoms with van der Waals surface area (Å²) in [6.07, 6.45) is 4.00. The molecule has 0 saturated heterocycles. The molecule has 1 saturated carbocycles. The van der Waals surface area contributed by atoms with E-state index >= 15 is 0 Å². The quantitative estimate of drug-likeness (QED) is 0.756. The van der Waals surface area contributed by atoms with Gasteiger partial charge in [-0.1, -0.05) is 13.8 Å². The van der Waals surface area contributed by atoms with E-state index in [1.54, 1.807) is 0 Å². The number of nitrogens with one attached hydrogen (secondary N) is 1. The minimum absolute atomic E-state index is 0.513. The topological polar surface area (TPSA) is 79.4 Å². The maximum Gasteiger partial charge on any atom is 0.171 e. The number of imidazole rings is 1. The zero-order chi connectivity index (χ0) is 18.3. The molecule has 3 aromatic rings. The fourth-order valence-corrected chi connectivity index (χ4v) is 3.52. The lowest BCUT2D eigenvalue weighted by Crippen LogP contribution is -2.07. The first-order chi connectivity index (χ1) is 12.7. The molecule has 26 heavy (non-hydrogen) atoms. The van der Waals surface area contributed by atoms with Crippen LogP contribution < -0.4 is 5.32 Å². The lowest BCUT2D eigenvalue weighted by atomic mass is 10.0. The number of aromatic nitrogens is 4. The van der Waals surface area contributed by atoms with Crippen LogP contribution >= 0.6 is 0 Å². The Balaban J connectivity index is 1.72. The number of hydrogen-bond acceptors (Lipinski definition) is 5. The predicted octanol–water partition coefficient (Wildman–Crippen LogP) is 3.98. The van der Waals surface area contributed by atoms with Gasteiger partial charge in [-0.05, 0) is 49.4 Å². The van der Waals surface area contributed by atoms with Gasteiger partial charge in [0.1, 0.15) is 17.5 Å². The number of benzene rings is 1. The smallest absolute Gasteiger partial charge is 0.171 e. The summed E-state index contributed by atoms with van der Waals surface area (Å²) in [4.78, 5) is 4.80. The third-order valence-corrected chi connectivity index (χ3v) is 5.08. The number of nitrogens with zero attached hydrogens (tertiary/aromatic N) is 5. The molecule has 1 N–H and O–H groups in total. The number of anilines is 2. The minimum Gasteiger partial charge on any atom is -0.338 e. The van der Waals surface area contributed by atoms with E-state index < -0.39 is 0 Å². The predicted molar refractivity (Wildman–Crippen MR) is 101 cm³/mol. The molecule has 1 aromatic carbocycles. The SMILES string of the molecule is CCc1nnc(Nc2ccc3c(c2)nc(C2CC2)n3C)c(C#N)c1CC. The summed E-state index contributed by atoms with van der Waals surface area (Å²) in [6, 6.07) is 8.39. The lowest BCUT2D eigenvalue weighted by Gasteiger charge is -2.12. The van der Waals surface area contributed by atoms with Crippen molar-refractivity contribution < 1.29 is 0 Å². The summed E-state index contributed by atoms with van der Waals surface area (Å²) in [6.45, 7) is 4.07. The molecule has 6 nitrogen and oxygen atoms in total. The van der Waals surface area contributed by atoms with Gasteiger partial charge in [-0.15, -0.1) is 5.10 Å². The van der Waals surface area contributed by atoms with Crippen LogP contribution in [0.2, 0.25) is 0 Å². The Morgan fingerprint density at radius 1 is 1.23 bits per heavy atom. The summed E-state index contributed by atoms with van der Waals surface area (Å²) in [5.41, 5.74) is 5.41. The monoisotopic (exact) mass is 346 g/mol. The van der Waals surface area contributed by atoms with Crippen LogP contribution in [0.5, 0.6) is 0 Å². The zero-order valence-corrected chi connectivity index (χ0v) is 15.4. The second-order valence-electron chi connectivity index (χ2n) is 6.80. The molecule has 0 amide bonds. The largest absolute Gasteiger partial charge is 0.338 e. The molecular formula is C20H22N6. The van der Waals surface area contributed by atoms with Crippen molar-refractivity contribution in [3.8, 4) is 6.07 Å². The molecule has 0 aliphatic heterocycles. The van der Waals surface area contributed by atoms with Crippen molar-refractivity contribution in [3.63, 3.8) is 0 Å². The van der Waals surface area contributed by atoms with Gasteiger partial charge in [-0.2, -0.15) is 10.4 Å². The van der Waals surface area contributed by atoms with Gasteiger partial charge in [0.2, 0.25) is 0 Å². The van der Waals surface area contributed by atoms with Gasteiger partial charge in [0.25, 0.3) is 0 Å². The summed E-state index contributed by atoms with van der Waals surface area (Å²) in [7, 11) is 2.08. The molecule has 0 unspecified atom stereocenters. The van der Waals surface area contributed by atoms with E-state index in [0.29, 0.717) is 17.3 Å². The van der Waals surface area contributed by atoms with Crippen molar-refractivity contribution in [2.75, 3.05) is 5.32 Å². The maximum absolute atomic E-state index is 9.63. The number of fused-ring (bicyclic) bond motifs is 1. The second-order valence-corrected chi connectivity index (χ2v) is 6.80. The second kappa shape index (κ2) is 6.41. The standard InChI is InChI=1S/C20H22N6/c1-4-14-15(11-21)19(25-24-16(14)5-2)22-13-8-9-18-17(10-13)23-20(26(18)3)12-6-7-12/h8-10,12H,4-7H2,1-3H3,(H,22,25). The number of aryl methyl sites for hydroxylation is 2. The van der Waals surface area contributed by atoms with E-state index in [4.69, 9.17) is 4.98 Å². The van der Waals surface area contributed by atoms with Gasteiger partial charge in [0.05, 0.1) is 16.7 Å². The minimum atomic E-state index is 0.513. The molecule has 132 valence electrons. The van der Waals surface area contributed by atoms with Crippen LogP contribution in [-0.2, 0) is 19.9 Å². The Morgan fingerprint density at radius 3 is 2.69 bits per heavy atom. The summed E-state index contributed by atoms with van der Waals surface area (Å²) in [5.74, 6) is 2.28. The van der Waals surface area contributed by atoms with Crippen molar-refractivity contribution in [1.82, 2.24) is 19.7 Å². The van der Waals surface area contributed by atoms with E-state index in [1.165, 1.54) is 12.8 Å². The average Bonchev–Trinajstić information content (AvgIpc) is 3.45. The molecule has 0 spiro atoms. The van der Waals surface area contributed by atoms with Crippen molar-refractivity contribution in [2.24, 2.45) is 7.05 Å². The van der Waals surface area contributed by atoms with E-state index in [-0.39, 0.29) is 0 Å². The van der Waals surface area contributed by atoms with Crippen LogP contribution in [0.25, 0.3) is 11.0 Å². The van der Waals surface area contributed by atoms with Gasteiger partial charge in [-0.3, -0.25) is 0 Å². The Bertz CT molecular complexity index is 1020. The van der Waals surface area contributed by atoms with Gasteiger partial charge in [0.15, 0.2) is 5.82 Å². The molecular weight excluding hydrogens is 324 g/mol. The maximum atomic E-state index is 9.63. The zero-order valence-electron chi connectivity index (χ0n) is 15.4. The molecule has 6 heteroatoms. The molecule has 2 aromatic heterocycles. The molecule has 1 aliphatic rings. The van der Waals surface area contributed by atoms with Crippen molar-refractivity contribution in [2.45, 2.75) is 45.4 Å². The van der Waals surface area contributed by atoms with Crippen molar-refractivity contribution in [1.29, 1.82) is 5.26 Å². The van der Waals surface area contributed by atoms with Crippen molar-refractivity contribution >= 4 is 22.5 Å². The molecule has 0 atom stereocenters. The van der Waals surface area contributed by atoms with Crippen molar-refractivity contribution in [3.05, 3.63) is 40.8 Å². The van der Waals surface area contributed by atoms with Crippen LogP contribution in [0, 0.1) is 11.3 Å². The van der Waals surface area contributed by atoms with E-state index in [2.05, 4.69) is 39.3 Å². The third kappa shape index (κ3) is 2.70. The average molecular weight is 346 g/mol. The molecule has 0 bridgehead atoms. The number of hydrogen-bond donors (Lipinski definition) is 1. The molecule has 1 aliphatic carbocycles. The third-order valence-electron chi connectivity index (χ3n) is 5.08. The van der Waals surface area contributed by atoms with E-state index in [0.717, 1.165) is 46.6 Å². The molecule has 1 fully saturated rings. The fourth-order valence-electron chi connectivity index (χ4n) is 3.52. The normalized spacial score (nSPS) is 13.8. The first-order valence-electron chi connectivity index (χ1n) is 9.18. The van der Waals surface area contributed by atoms with Gasteiger partial charge >= 0.3 is 0 Å². The van der Waals surface area contributed by atoms with Crippen LogP contribution in [0.3, 0.4) is 0 Å². The Labute approximate surface area is 152 Å². The highest BCUT2D eigenvalue weighted by Gasteiger charge is 2.28. The number of rotatable bonds is 5. The Hall–Kier alpha value is -2.94. The number of nitriles is 1. The summed E-state index contributed by atoms with van der Waals surface area (Å²) >= 11 is 0. The Kier molecular flexibility index (Phi) is 4.08. The molecule has 2 heterocycles. The first-order valence-corrected chi connectivity index (χ1v) is 9.18. The summed E-state index contributed by atoms with van der Waals surface area (Å²) in [5, 5.41) is 21.5. The highest BCUT2D eigenvalue weighted by atomic mass is 15.2. The van der Waals surface area contributed by atoms with E-state index in [1.807, 2.05) is 26.0 Å². The first kappa shape index (κ1) is 16.5. The highest BCUT2D eigenvalue weighted by molar-refractivity contribution is 5.82. The highest BCUT2D eigenvalue weighted by Crippen LogP contribution is 2.40. The van der Waals surface area contributed by atoms with Gasteiger partial charge in [0, 0.05) is 18.7 Å². The van der Waals surface area contributed by atoms with Gasteiger partial charge in [-0.25, -0.2) is 4.98 Å². The Morgan fingerprint density at radius 2 is 2.04 bits per heavy atom. The van der Waals surface area contributed by atoms with E-state index in [9.17, 15) is 5.26 Å². The van der Waals surface area contributed by atoms with Crippen LogP contribution in [0.1, 0.15) is 55.3 Å². The summed E-state index contributed by atoms with van der Waals surface area (Å²) < 4.78 is 2.18. The van der Waals surface area contributed by atoms with Crippen LogP contribution in [0.4, 0.5) is 11.5 Å².